The van der Waals surface area contributed by atoms with E-state index in [2.05, 4.69) is 42.9 Å². The Morgan fingerprint density at radius 1 is 0.833 bits per heavy atom. The minimum absolute atomic E-state index is 0.154. The molecule has 0 aliphatic carbocycles. The van der Waals surface area contributed by atoms with Gasteiger partial charge < -0.3 is 9.47 Å². The molecule has 0 bridgehead atoms. The van der Waals surface area contributed by atoms with Crippen molar-refractivity contribution in [2.24, 2.45) is 0 Å². The highest BCUT2D eigenvalue weighted by Gasteiger charge is 2.09. The topological polar surface area (TPSA) is 44.2 Å². The molecule has 4 nitrogen and oxygen atoms in total. The Labute approximate surface area is 145 Å². The van der Waals surface area contributed by atoms with Crippen molar-refractivity contribution in [3.8, 4) is 11.5 Å². The van der Waals surface area contributed by atoms with Gasteiger partial charge in [-0.1, -0.05) is 20.8 Å². The van der Waals surface area contributed by atoms with Gasteiger partial charge in [-0.15, -0.1) is 0 Å². The van der Waals surface area contributed by atoms with E-state index in [1.54, 1.807) is 12.4 Å². The summed E-state index contributed by atoms with van der Waals surface area (Å²) in [6.07, 6.45) is 8.40. The minimum Gasteiger partial charge on any atom is -0.492 e. The summed E-state index contributed by atoms with van der Waals surface area (Å²) in [7, 11) is 0. The fraction of sp³-hybridized carbons (Fsp3) is 0.500. The molecular weight excluding hydrogens is 300 g/mol. The van der Waals surface area contributed by atoms with E-state index in [1.807, 2.05) is 26.2 Å². The van der Waals surface area contributed by atoms with E-state index in [0.717, 1.165) is 17.9 Å². The molecule has 4 heteroatoms. The third-order valence-corrected chi connectivity index (χ3v) is 3.90. The first kappa shape index (κ1) is 18.2. The van der Waals surface area contributed by atoms with Gasteiger partial charge >= 0.3 is 0 Å². The van der Waals surface area contributed by atoms with E-state index >= 15 is 0 Å². The Kier molecular flexibility index (Phi) is 6.59. The number of ether oxygens (including phenoxy) is 2. The van der Waals surface area contributed by atoms with Gasteiger partial charge in [-0.2, -0.15) is 0 Å². The molecule has 0 aliphatic rings. The molecule has 2 rings (SSSR count). The average molecular weight is 328 g/mol. The summed E-state index contributed by atoms with van der Waals surface area (Å²) in [5.74, 6) is 2.47. The van der Waals surface area contributed by atoms with Crippen molar-refractivity contribution in [2.45, 2.75) is 59.0 Å². The lowest BCUT2D eigenvalue weighted by Crippen LogP contribution is -2.07. The molecule has 0 aliphatic heterocycles. The first-order chi connectivity index (χ1) is 11.5. The van der Waals surface area contributed by atoms with Crippen molar-refractivity contribution >= 4 is 0 Å². The highest BCUT2D eigenvalue weighted by Crippen LogP contribution is 2.24. The second-order valence-electron chi connectivity index (χ2n) is 6.77. The van der Waals surface area contributed by atoms with E-state index in [9.17, 15) is 0 Å². The summed E-state index contributed by atoms with van der Waals surface area (Å²) < 4.78 is 11.6. The maximum atomic E-state index is 5.87. The van der Waals surface area contributed by atoms with Crippen molar-refractivity contribution in [1.82, 2.24) is 9.97 Å². The second-order valence-corrected chi connectivity index (χ2v) is 6.77. The number of hydrogen-bond donors (Lipinski definition) is 0. The van der Waals surface area contributed by atoms with Gasteiger partial charge in [0.05, 0.1) is 25.1 Å². The number of aromatic nitrogens is 2. The molecule has 0 fully saturated rings. The van der Waals surface area contributed by atoms with Gasteiger partial charge in [-0.3, -0.25) is 9.97 Å². The lowest BCUT2D eigenvalue weighted by atomic mass is 10.00. The highest BCUT2D eigenvalue weighted by atomic mass is 16.5. The Bertz CT molecular complexity index is 641. The maximum absolute atomic E-state index is 5.87. The van der Waals surface area contributed by atoms with Crippen molar-refractivity contribution in [1.29, 1.82) is 0 Å². The van der Waals surface area contributed by atoms with Gasteiger partial charge in [0.2, 0.25) is 0 Å². The molecule has 0 saturated carbocycles. The third kappa shape index (κ3) is 5.52. The van der Waals surface area contributed by atoms with Crippen LogP contribution in [0.25, 0.3) is 0 Å². The zero-order chi connectivity index (χ0) is 17.5. The largest absolute Gasteiger partial charge is 0.492 e. The number of nitrogens with zero attached hydrogens (tertiary/aromatic N) is 2. The van der Waals surface area contributed by atoms with Crippen LogP contribution < -0.4 is 9.47 Å². The van der Waals surface area contributed by atoms with E-state index in [-0.39, 0.29) is 6.10 Å². The normalized spacial score (nSPS) is 12.5. The summed E-state index contributed by atoms with van der Waals surface area (Å²) in [5.41, 5.74) is 2.37. The predicted molar refractivity (Wildman–Crippen MR) is 96.9 cm³/mol. The summed E-state index contributed by atoms with van der Waals surface area (Å²) in [4.78, 5) is 8.53. The summed E-state index contributed by atoms with van der Waals surface area (Å²) >= 11 is 0. The van der Waals surface area contributed by atoms with Gasteiger partial charge in [0, 0.05) is 12.4 Å². The lowest BCUT2D eigenvalue weighted by molar-refractivity contribution is 0.241. The molecule has 1 atom stereocenters. The lowest BCUT2D eigenvalue weighted by Gasteiger charge is -2.15. The van der Waals surface area contributed by atoms with Crippen LogP contribution in [0.3, 0.4) is 0 Å². The molecule has 0 amide bonds. The van der Waals surface area contributed by atoms with Crippen molar-refractivity contribution < 1.29 is 9.47 Å². The van der Waals surface area contributed by atoms with E-state index < -0.39 is 0 Å². The zero-order valence-electron chi connectivity index (χ0n) is 15.3. The smallest absolute Gasteiger partial charge is 0.138 e. The molecular formula is C20H28N2O2. The third-order valence-electron chi connectivity index (χ3n) is 3.90. The van der Waals surface area contributed by atoms with Gasteiger partial charge in [0.1, 0.15) is 11.5 Å². The van der Waals surface area contributed by atoms with E-state index in [4.69, 9.17) is 9.47 Å². The van der Waals surface area contributed by atoms with E-state index in [0.29, 0.717) is 18.4 Å². The van der Waals surface area contributed by atoms with Crippen molar-refractivity contribution in [2.75, 3.05) is 6.61 Å². The quantitative estimate of drug-likeness (QED) is 0.687. The summed E-state index contributed by atoms with van der Waals surface area (Å²) in [6, 6.07) is 4.14. The second kappa shape index (κ2) is 8.67. The number of rotatable bonds is 8. The Morgan fingerprint density at radius 3 is 2.12 bits per heavy atom. The maximum Gasteiger partial charge on any atom is 0.138 e. The molecule has 0 aromatic carbocycles. The Hall–Kier alpha value is -2.10. The van der Waals surface area contributed by atoms with Crippen LogP contribution in [0.4, 0.5) is 0 Å². The Morgan fingerprint density at radius 2 is 1.46 bits per heavy atom. The number of pyridine rings is 2. The van der Waals surface area contributed by atoms with Crippen LogP contribution in [0.1, 0.15) is 64.0 Å². The van der Waals surface area contributed by atoms with Crippen molar-refractivity contribution in [3.63, 3.8) is 0 Å². The SMILES string of the molecule is CC(C)Oc1cncc(C(C)CCOc2cncc(C(C)C)c2)c1. The van der Waals surface area contributed by atoms with Gasteiger partial charge in [0.15, 0.2) is 0 Å². The van der Waals surface area contributed by atoms with Gasteiger partial charge in [-0.25, -0.2) is 0 Å². The molecule has 2 heterocycles. The minimum atomic E-state index is 0.154. The Balaban J connectivity index is 1.89. The molecule has 2 aromatic heterocycles. The standard InChI is InChI=1S/C20H28N2O2/c1-14(2)17-8-19(12-21-10-17)23-7-6-16(5)18-9-20(13-22-11-18)24-15(3)4/h8-16H,6-7H2,1-5H3. The fourth-order valence-electron chi connectivity index (χ4n) is 2.39. The van der Waals surface area contributed by atoms with Crippen LogP contribution in [0.2, 0.25) is 0 Å². The molecule has 1 unspecified atom stereocenters. The molecule has 0 spiro atoms. The molecule has 24 heavy (non-hydrogen) atoms. The molecule has 2 aromatic rings. The first-order valence-corrected chi connectivity index (χ1v) is 8.65. The monoisotopic (exact) mass is 328 g/mol. The van der Waals surface area contributed by atoms with Crippen LogP contribution >= 0.6 is 0 Å². The van der Waals surface area contributed by atoms with Crippen LogP contribution in [0.5, 0.6) is 11.5 Å². The van der Waals surface area contributed by atoms with Crippen LogP contribution in [-0.4, -0.2) is 22.7 Å². The fourth-order valence-corrected chi connectivity index (χ4v) is 2.39. The average Bonchev–Trinajstić information content (AvgIpc) is 2.54. The summed E-state index contributed by atoms with van der Waals surface area (Å²) in [5, 5.41) is 0. The van der Waals surface area contributed by atoms with Crippen LogP contribution in [-0.2, 0) is 0 Å². The molecule has 0 N–H and O–H groups in total. The van der Waals surface area contributed by atoms with E-state index in [1.165, 1.54) is 11.1 Å². The van der Waals surface area contributed by atoms with Gasteiger partial charge in [-0.05, 0) is 55.4 Å². The predicted octanol–water partition coefficient (Wildman–Crippen LogP) is 4.96. The van der Waals surface area contributed by atoms with Crippen molar-refractivity contribution in [3.05, 3.63) is 48.0 Å². The number of hydrogen-bond acceptors (Lipinski definition) is 4. The molecule has 130 valence electrons. The molecule has 0 saturated heterocycles. The van der Waals surface area contributed by atoms with Crippen LogP contribution in [0, 0.1) is 0 Å². The first-order valence-electron chi connectivity index (χ1n) is 8.65. The highest BCUT2D eigenvalue weighted by molar-refractivity contribution is 5.27. The van der Waals surface area contributed by atoms with Crippen LogP contribution in [0.15, 0.2) is 36.9 Å². The molecule has 0 radical (unpaired) electrons. The zero-order valence-corrected chi connectivity index (χ0v) is 15.3. The summed E-state index contributed by atoms with van der Waals surface area (Å²) in [6.45, 7) is 11.2. The van der Waals surface area contributed by atoms with Gasteiger partial charge in [0.25, 0.3) is 0 Å².